The quantitative estimate of drug-likeness (QED) is 0.518. The fourth-order valence-corrected chi connectivity index (χ4v) is 4.46. The Morgan fingerprint density at radius 2 is 2.00 bits per heavy atom. The Bertz CT molecular complexity index is 1190. The molecule has 0 saturated carbocycles. The van der Waals surface area contributed by atoms with Gasteiger partial charge in [-0.2, -0.15) is 0 Å². The van der Waals surface area contributed by atoms with Crippen LogP contribution in [-0.4, -0.2) is 34.3 Å². The summed E-state index contributed by atoms with van der Waals surface area (Å²) in [6, 6.07) is 17.2. The highest BCUT2D eigenvalue weighted by Gasteiger charge is 2.32. The number of benzene rings is 2. The van der Waals surface area contributed by atoms with Crippen molar-refractivity contribution in [2.24, 2.45) is 0 Å². The van der Waals surface area contributed by atoms with E-state index in [2.05, 4.69) is 10.3 Å². The molecule has 2 aromatic carbocycles. The van der Waals surface area contributed by atoms with Crippen LogP contribution in [0.3, 0.4) is 0 Å². The van der Waals surface area contributed by atoms with Gasteiger partial charge in [0.1, 0.15) is 11.6 Å². The van der Waals surface area contributed by atoms with Crippen LogP contribution in [0.5, 0.6) is 5.75 Å². The van der Waals surface area contributed by atoms with Gasteiger partial charge in [-0.15, -0.1) is 0 Å². The monoisotopic (exact) mass is 475 g/mol. The van der Waals surface area contributed by atoms with Crippen LogP contribution in [0.25, 0.3) is 0 Å². The van der Waals surface area contributed by atoms with Gasteiger partial charge in [-0.25, -0.2) is 4.39 Å². The molecule has 1 aliphatic heterocycles. The Labute approximate surface area is 205 Å². The summed E-state index contributed by atoms with van der Waals surface area (Å²) in [7, 11) is 0. The lowest BCUT2D eigenvalue weighted by atomic mass is 9.87. The highest BCUT2D eigenvalue weighted by molar-refractivity contribution is 5.81. The minimum Gasteiger partial charge on any atom is -0.481 e. The number of nitrogens with zero attached hydrogens (tertiary/aromatic N) is 2. The van der Waals surface area contributed by atoms with E-state index in [0.29, 0.717) is 43.7 Å². The molecule has 182 valence electrons. The van der Waals surface area contributed by atoms with Gasteiger partial charge in [0.05, 0.1) is 18.3 Å². The van der Waals surface area contributed by atoms with Crippen molar-refractivity contribution in [1.29, 1.82) is 0 Å². The van der Waals surface area contributed by atoms with Crippen LogP contribution in [0.1, 0.15) is 55.1 Å². The Balaban J connectivity index is 1.58. The lowest BCUT2D eigenvalue weighted by Crippen LogP contribution is -2.40. The number of carbonyl (C=O) groups is 2. The zero-order valence-corrected chi connectivity index (χ0v) is 20.0. The van der Waals surface area contributed by atoms with Gasteiger partial charge in [0.15, 0.2) is 6.10 Å². The zero-order valence-electron chi connectivity index (χ0n) is 20.0. The number of ether oxygens (including phenoxy) is 1. The van der Waals surface area contributed by atoms with Crippen LogP contribution in [0.2, 0.25) is 0 Å². The van der Waals surface area contributed by atoms with E-state index in [1.54, 1.807) is 17.2 Å². The van der Waals surface area contributed by atoms with E-state index >= 15 is 0 Å². The fourth-order valence-electron chi connectivity index (χ4n) is 4.46. The molecule has 2 heterocycles. The van der Waals surface area contributed by atoms with Crippen LogP contribution in [-0.2, 0) is 22.6 Å². The van der Waals surface area contributed by atoms with Crippen molar-refractivity contribution >= 4 is 11.8 Å². The number of pyridine rings is 1. The lowest BCUT2D eigenvalue weighted by Gasteiger charge is -2.38. The van der Waals surface area contributed by atoms with Gasteiger partial charge in [0, 0.05) is 19.2 Å². The maximum atomic E-state index is 14.1. The number of hydrogen-bond donors (Lipinski definition) is 1. The smallest absolute Gasteiger partial charge is 0.261 e. The summed E-state index contributed by atoms with van der Waals surface area (Å²) in [6.45, 7) is 4.60. The number of aromatic nitrogens is 1. The second kappa shape index (κ2) is 11.1. The second-order valence-electron chi connectivity index (χ2n) is 8.56. The molecule has 1 aliphatic rings. The summed E-state index contributed by atoms with van der Waals surface area (Å²) >= 11 is 0. The Morgan fingerprint density at radius 3 is 2.71 bits per heavy atom. The van der Waals surface area contributed by atoms with Gasteiger partial charge in [0.2, 0.25) is 5.91 Å². The standard InChI is InChI=1S/C28H30FN3O3/c1-3-25(28(34)31-18-22-10-5-6-14-30-22)35-23-12-11-19-13-15-32(26(33)4-2)27(24(19)17-23)20-8-7-9-21(29)16-20/h5-12,14,16-17,25,27H,3-4,13,15,18H2,1-2H3,(H,31,34)/t25-,27+/m0/s1. The first-order valence-electron chi connectivity index (χ1n) is 12.0. The van der Waals surface area contributed by atoms with Gasteiger partial charge >= 0.3 is 0 Å². The molecule has 7 heteroatoms. The third-order valence-electron chi connectivity index (χ3n) is 6.24. The molecule has 35 heavy (non-hydrogen) atoms. The molecule has 1 aromatic heterocycles. The summed E-state index contributed by atoms with van der Waals surface area (Å²) in [5.74, 6) is -0.0192. The molecule has 0 radical (unpaired) electrons. The van der Waals surface area contributed by atoms with Crippen LogP contribution < -0.4 is 10.1 Å². The van der Waals surface area contributed by atoms with E-state index in [0.717, 1.165) is 16.8 Å². The summed E-state index contributed by atoms with van der Waals surface area (Å²) in [6.07, 6.45) is 2.56. The van der Waals surface area contributed by atoms with E-state index in [9.17, 15) is 14.0 Å². The number of carbonyl (C=O) groups excluding carboxylic acids is 2. The first-order chi connectivity index (χ1) is 17.0. The van der Waals surface area contributed by atoms with Crippen molar-refractivity contribution < 1.29 is 18.7 Å². The molecular weight excluding hydrogens is 445 g/mol. The topological polar surface area (TPSA) is 71.5 Å². The van der Waals surface area contributed by atoms with Crippen molar-refractivity contribution in [2.45, 2.75) is 51.8 Å². The second-order valence-corrected chi connectivity index (χ2v) is 8.56. The molecule has 4 rings (SSSR count). The zero-order chi connectivity index (χ0) is 24.8. The summed E-state index contributed by atoms with van der Waals surface area (Å²) in [5, 5.41) is 2.88. The van der Waals surface area contributed by atoms with E-state index in [1.165, 1.54) is 12.1 Å². The number of rotatable bonds is 8. The van der Waals surface area contributed by atoms with Crippen LogP contribution in [0, 0.1) is 5.82 Å². The molecule has 0 unspecified atom stereocenters. The number of halogens is 1. The molecule has 0 spiro atoms. The fraction of sp³-hybridized carbons (Fsp3) is 0.321. The SMILES string of the molecule is CCC(=O)N1CCc2ccc(O[C@@H](CC)C(=O)NCc3ccccn3)cc2[C@H]1c1cccc(F)c1. The Hall–Kier alpha value is -3.74. The van der Waals surface area contributed by atoms with Crippen molar-refractivity contribution in [3.05, 3.63) is 95.1 Å². The summed E-state index contributed by atoms with van der Waals surface area (Å²) < 4.78 is 20.2. The molecule has 0 bridgehead atoms. The highest BCUT2D eigenvalue weighted by atomic mass is 19.1. The summed E-state index contributed by atoms with van der Waals surface area (Å²) in [4.78, 5) is 31.6. The van der Waals surface area contributed by atoms with Gasteiger partial charge in [-0.3, -0.25) is 14.6 Å². The maximum absolute atomic E-state index is 14.1. The predicted molar refractivity (Wildman–Crippen MR) is 131 cm³/mol. The number of nitrogens with one attached hydrogen (secondary N) is 1. The third-order valence-corrected chi connectivity index (χ3v) is 6.24. The number of amides is 2. The average molecular weight is 476 g/mol. The predicted octanol–water partition coefficient (Wildman–Crippen LogP) is 4.58. The van der Waals surface area contributed by atoms with Gasteiger partial charge in [0.25, 0.3) is 5.91 Å². The van der Waals surface area contributed by atoms with Crippen molar-refractivity contribution in [1.82, 2.24) is 15.2 Å². The average Bonchev–Trinajstić information content (AvgIpc) is 2.89. The molecule has 2 atom stereocenters. The number of fused-ring (bicyclic) bond motifs is 1. The molecule has 2 amide bonds. The van der Waals surface area contributed by atoms with Crippen molar-refractivity contribution in [3.63, 3.8) is 0 Å². The van der Waals surface area contributed by atoms with Crippen LogP contribution in [0.15, 0.2) is 66.9 Å². The highest BCUT2D eigenvalue weighted by Crippen LogP contribution is 2.38. The van der Waals surface area contributed by atoms with E-state index in [4.69, 9.17) is 4.74 Å². The van der Waals surface area contributed by atoms with Crippen molar-refractivity contribution in [2.75, 3.05) is 6.54 Å². The molecule has 3 aromatic rings. The molecule has 0 fully saturated rings. The van der Waals surface area contributed by atoms with Gasteiger partial charge in [-0.05, 0) is 65.9 Å². The molecule has 0 saturated heterocycles. The number of hydrogen-bond acceptors (Lipinski definition) is 4. The van der Waals surface area contributed by atoms with Gasteiger partial charge < -0.3 is 15.0 Å². The van der Waals surface area contributed by atoms with Crippen LogP contribution in [0.4, 0.5) is 4.39 Å². The minimum atomic E-state index is -0.679. The van der Waals surface area contributed by atoms with E-state index in [-0.39, 0.29) is 17.6 Å². The molecular formula is C28H30FN3O3. The minimum absolute atomic E-state index is 0.0107. The Morgan fingerprint density at radius 1 is 1.14 bits per heavy atom. The third kappa shape index (κ3) is 5.67. The first-order valence-corrected chi connectivity index (χ1v) is 12.0. The summed E-state index contributed by atoms with van der Waals surface area (Å²) in [5.41, 5.74) is 3.46. The van der Waals surface area contributed by atoms with Crippen molar-refractivity contribution in [3.8, 4) is 5.75 Å². The molecule has 0 aliphatic carbocycles. The van der Waals surface area contributed by atoms with Gasteiger partial charge in [-0.1, -0.05) is 38.1 Å². The normalized spacial score (nSPS) is 15.7. The largest absolute Gasteiger partial charge is 0.481 e. The molecule has 1 N–H and O–H groups in total. The van der Waals surface area contributed by atoms with Crippen LogP contribution >= 0.6 is 0 Å². The maximum Gasteiger partial charge on any atom is 0.261 e. The lowest BCUT2D eigenvalue weighted by molar-refractivity contribution is -0.133. The molecule has 6 nitrogen and oxygen atoms in total. The van der Waals surface area contributed by atoms with E-state index in [1.807, 2.05) is 56.3 Å². The first kappa shape index (κ1) is 24.4. The Kier molecular flexibility index (Phi) is 7.75. The van der Waals surface area contributed by atoms with E-state index < -0.39 is 12.1 Å².